The van der Waals surface area contributed by atoms with E-state index >= 15 is 0 Å². The van der Waals surface area contributed by atoms with Gasteiger partial charge in [0.1, 0.15) is 17.1 Å². The molecule has 0 unspecified atom stereocenters. The Labute approximate surface area is 79.4 Å². The van der Waals surface area contributed by atoms with Gasteiger partial charge >= 0.3 is 5.97 Å². The first kappa shape index (κ1) is 8.62. The van der Waals surface area contributed by atoms with E-state index in [0.29, 0.717) is 11.1 Å². The number of hydrogen-bond donors (Lipinski definition) is 2. The highest BCUT2D eigenvalue weighted by atomic mass is 16.4. The Morgan fingerprint density at radius 1 is 1.43 bits per heavy atom. The maximum absolute atomic E-state index is 10.8. The first-order valence-electron chi connectivity index (χ1n) is 4.05. The molecule has 2 rings (SSSR count). The van der Waals surface area contributed by atoms with Crippen molar-refractivity contribution in [3.05, 3.63) is 29.5 Å². The molecule has 72 valence electrons. The van der Waals surface area contributed by atoms with Crippen molar-refractivity contribution in [3.63, 3.8) is 0 Å². The van der Waals surface area contributed by atoms with Crippen LogP contribution in [0.1, 0.15) is 16.1 Å². The van der Waals surface area contributed by atoms with Gasteiger partial charge in [-0.2, -0.15) is 0 Å². The fourth-order valence-electron chi connectivity index (χ4n) is 1.40. The number of aromatic carboxylic acids is 1. The molecule has 4 heteroatoms. The molecular formula is C10H8O4. The van der Waals surface area contributed by atoms with Crippen LogP contribution in [-0.2, 0) is 0 Å². The molecule has 1 aromatic carbocycles. The quantitative estimate of drug-likeness (QED) is 0.726. The Morgan fingerprint density at radius 3 is 2.79 bits per heavy atom. The summed E-state index contributed by atoms with van der Waals surface area (Å²) in [7, 11) is 0. The van der Waals surface area contributed by atoms with E-state index in [-0.39, 0.29) is 16.9 Å². The van der Waals surface area contributed by atoms with Crippen molar-refractivity contribution in [2.75, 3.05) is 0 Å². The van der Waals surface area contributed by atoms with E-state index in [9.17, 15) is 9.90 Å². The highest BCUT2D eigenvalue weighted by Crippen LogP contribution is 2.30. The lowest BCUT2D eigenvalue weighted by molar-refractivity contribution is 0.0698. The molecule has 0 bridgehead atoms. The summed E-state index contributed by atoms with van der Waals surface area (Å²) in [5.41, 5.74) is 0.279. The molecule has 0 fully saturated rings. The van der Waals surface area contributed by atoms with E-state index in [1.54, 1.807) is 13.0 Å². The van der Waals surface area contributed by atoms with Crippen LogP contribution >= 0.6 is 0 Å². The highest BCUT2D eigenvalue weighted by Gasteiger charge is 2.14. The largest absolute Gasteiger partial charge is 0.507 e. The zero-order valence-corrected chi connectivity index (χ0v) is 7.44. The first-order chi connectivity index (χ1) is 6.59. The number of carboxylic acid groups (broad SMARTS) is 1. The molecule has 2 aromatic rings. The predicted molar refractivity (Wildman–Crippen MR) is 49.6 cm³/mol. The summed E-state index contributed by atoms with van der Waals surface area (Å²) >= 11 is 0. The number of aryl methyl sites for hydroxylation is 1. The van der Waals surface area contributed by atoms with Gasteiger partial charge in [-0.1, -0.05) is 0 Å². The molecule has 0 saturated carbocycles. The maximum Gasteiger partial charge on any atom is 0.339 e. The van der Waals surface area contributed by atoms with Gasteiger partial charge in [0, 0.05) is 0 Å². The van der Waals surface area contributed by atoms with Crippen LogP contribution in [0.3, 0.4) is 0 Å². The lowest BCUT2D eigenvalue weighted by Crippen LogP contribution is -1.95. The second-order valence-electron chi connectivity index (χ2n) is 3.04. The lowest BCUT2D eigenvalue weighted by atomic mass is 10.1. The van der Waals surface area contributed by atoms with E-state index in [4.69, 9.17) is 9.52 Å². The number of carboxylic acids is 1. The van der Waals surface area contributed by atoms with Crippen molar-refractivity contribution < 1.29 is 19.4 Å². The Balaban J connectivity index is 2.87. The molecular weight excluding hydrogens is 184 g/mol. The van der Waals surface area contributed by atoms with Crippen molar-refractivity contribution >= 4 is 16.9 Å². The summed E-state index contributed by atoms with van der Waals surface area (Å²) in [6.07, 6.45) is 0. The Hall–Kier alpha value is -1.97. The highest BCUT2D eigenvalue weighted by molar-refractivity contribution is 6.03. The second-order valence-corrected chi connectivity index (χ2v) is 3.04. The number of hydrogen-bond acceptors (Lipinski definition) is 3. The molecule has 0 atom stereocenters. The molecule has 0 spiro atoms. The van der Waals surface area contributed by atoms with E-state index in [2.05, 4.69) is 0 Å². The number of aromatic hydroxyl groups is 1. The molecule has 0 aliphatic carbocycles. The SMILES string of the molecule is Cc1cc2c(O)ccc(C(=O)O)c2o1. The monoisotopic (exact) mass is 192 g/mol. The number of carbonyl (C=O) groups is 1. The molecule has 0 amide bonds. The van der Waals surface area contributed by atoms with Gasteiger partial charge in [0.15, 0.2) is 5.58 Å². The Kier molecular flexibility index (Phi) is 1.70. The maximum atomic E-state index is 10.8. The molecule has 0 aliphatic rings. The van der Waals surface area contributed by atoms with Crippen molar-refractivity contribution in [3.8, 4) is 5.75 Å². The van der Waals surface area contributed by atoms with E-state index in [1.807, 2.05) is 0 Å². The van der Waals surface area contributed by atoms with Crippen molar-refractivity contribution in [1.29, 1.82) is 0 Å². The zero-order valence-electron chi connectivity index (χ0n) is 7.44. The lowest BCUT2D eigenvalue weighted by Gasteiger charge is -1.97. The van der Waals surface area contributed by atoms with Gasteiger partial charge in [0.2, 0.25) is 0 Å². The minimum absolute atomic E-state index is 0.0295. The average molecular weight is 192 g/mol. The summed E-state index contributed by atoms with van der Waals surface area (Å²) in [6.45, 7) is 1.70. The minimum atomic E-state index is -1.07. The van der Waals surface area contributed by atoms with Gasteiger partial charge in [-0.25, -0.2) is 4.79 Å². The zero-order chi connectivity index (χ0) is 10.3. The Morgan fingerprint density at radius 2 is 2.14 bits per heavy atom. The molecule has 0 radical (unpaired) electrons. The fourth-order valence-corrected chi connectivity index (χ4v) is 1.40. The van der Waals surface area contributed by atoms with Gasteiger partial charge in [0.05, 0.1) is 5.39 Å². The summed E-state index contributed by atoms with van der Waals surface area (Å²) in [4.78, 5) is 10.8. The second kappa shape index (κ2) is 2.77. The summed E-state index contributed by atoms with van der Waals surface area (Å²) in [6, 6.07) is 4.28. The van der Waals surface area contributed by atoms with Gasteiger partial charge in [-0.15, -0.1) is 0 Å². The van der Waals surface area contributed by atoms with Gasteiger partial charge in [-0.05, 0) is 25.1 Å². The van der Waals surface area contributed by atoms with Crippen LogP contribution in [0.15, 0.2) is 22.6 Å². The smallest absolute Gasteiger partial charge is 0.339 e. The molecule has 14 heavy (non-hydrogen) atoms. The summed E-state index contributed by atoms with van der Waals surface area (Å²) < 4.78 is 5.20. The van der Waals surface area contributed by atoms with Crippen molar-refractivity contribution in [1.82, 2.24) is 0 Å². The van der Waals surface area contributed by atoms with Gasteiger partial charge in [-0.3, -0.25) is 0 Å². The number of benzene rings is 1. The first-order valence-corrected chi connectivity index (χ1v) is 4.05. The number of fused-ring (bicyclic) bond motifs is 1. The van der Waals surface area contributed by atoms with Crippen LogP contribution < -0.4 is 0 Å². The molecule has 2 N–H and O–H groups in total. The van der Waals surface area contributed by atoms with E-state index in [1.165, 1.54) is 12.1 Å². The molecule has 4 nitrogen and oxygen atoms in total. The van der Waals surface area contributed by atoms with Crippen LogP contribution in [0.25, 0.3) is 11.0 Å². The van der Waals surface area contributed by atoms with E-state index in [0.717, 1.165) is 0 Å². The third-order valence-corrected chi connectivity index (χ3v) is 2.01. The summed E-state index contributed by atoms with van der Waals surface area (Å²) in [5, 5.41) is 18.7. The van der Waals surface area contributed by atoms with Crippen molar-refractivity contribution in [2.24, 2.45) is 0 Å². The summed E-state index contributed by atoms with van der Waals surface area (Å²) in [5.74, 6) is -0.463. The number of phenols is 1. The van der Waals surface area contributed by atoms with Crippen LogP contribution in [0, 0.1) is 6.92 Å². The molecule has 0 aliphatic heterocycles. The number of phenolic OH excluding ortho intramolecular Hbond substituents is 1. The van der Waals surface area contributed by atoms with Crippen LogP contribution in [0.4, 0.5) is 0 Å². The molecule has 1 heterocycles. The average Bonchev–Trinajstić information content (AvgIpc) is 2.47. The third-order valence-electron chi connectivity index (χ3n) is 2.01. The normalized spacial score (nSPS) is 10.6. The molecule has 1 aromatic heterocycles. The van der Waals surface area contributed by atoms with Gasteiger partial charge in [0.25, 0.3) is 0 Å². The minimum Gasteiger partial charge on any atom is -0.507 e. The number of rotatable bonds is 1. The Bertz CT molecular complexity index is 510. The fraction of sp³-hybridized carbons (Fsp3) is 0.100. The van der Waals surface area contributed by atoms with Crippen LogP contribution in [-0.4, -0.2) is 16.2 Å². The predicted octanol–water partition coefficient (Wildman–Crippen LogP) is 2.15. The van der Waals surface area contributed by atoms with Gasteiger partial charge < -0.3 is 14.6 Å². The standard InChI is InChI=1S/C10H8O4/c1-5-4-7-8(11)3-2-6(10(12)13)9(7)14-5/h2-4,11H,1H3,(H,12,13). The van der Waals surface area contributed by atoms with Crippen LogP contribution in [0.5, 0.6) is 5.75 Å². The van der Waals surface area contributed by atoms with Crippen LogP contribution in [0.2, 0.25) is 0 Å². The van der Waals surface area contributed by atoms with E-state index < -0.39 is 5.97 Å². The topological polar surface area (TPSA) is 70.7 Å². The van der Waals surface area contributed by atoms with Crippen molar-refractivity contribution in [2.45, 2.75) is 6.92 Å². The third kappa shape index (κ3) is 1.12. The number of furan rings is 1. The molecule has 0 saturated heterocycles.